The molecule has 0 aromatic carbocycles. The molecular formula is C16H21N2O7P. The molecule has 3 amide bonds. The summed E-state index contributed by atoms with van der Waals surface area (Å²) in [5, 5.41) is 2.67. The molecule has 0 aromatic rings. The monoisotopic (exact) mass is 384 g/mol. The van der Waals surface area contributed by atoms with Gasteiger partial charge >= 0.3 is 7.60 Å². The second kappa shape index (κ2) is 6.42. The van der Waals surface area contributed by atoms with Gasteiger partial charge in [-0.1, -0.05) is 18.7 Å². The minimum absolute atomic E-state index is 0.0273. The lowest BCUT2D eigenvalue weighted by atomic mass is 9.77. The normalized spacial score (nSPS) is 32.3. The highest BCUT2D eigenvalue weighted by Crippen LogP contribution is 2.51. The van der Waals surface area contributed by atoms with Gasteiger partial charge < -0.3 is 19.8 Å². The summed E-state index contributed by atoms with van der Waals surface area (Å²) in [5.74, 6) is -2.59. The van der Waals surface area contributed by atoms with Gasteiger partial charge in [-0.25, -0.2) is 0 Å². The molecule has 3 heterocycles. The molecule has 9 nitrogen and oxygen atoms in total. The maximum Gasteiger partial charge on any atom is 0.325 e. The Bertz CT molecular complexity index is 758. The number of hydrogen-bond donors (Lipinski definition) is 3. The molecule has 3 aliphatic rings. The van der Waals surface area contributed by atoms with Crippen LogP contribution in [0.1, 0.15) is 13.3 Å². The first kappa shape index (κ1) is 19.0. The van der Waals surface area contributed by atoms with Gasteiger partial charge in [0.1, 0.15) is 5.60 Å². The summed E-state index contributed by atoms with van der Waals surface area (Å²) in [6.45, 7) is 5.11. The summed E-state index contributed by atoms with van der Waals surface area (Å²) in [4.78, 5) is 56.1. The van der Waals surface area contributed by atoms with E-state index in [1.807, 2.05) is 0 Å². The van der Waals surface area contributed by atoms with Crippen molar-refractivity contribution >= 4 is 25.3 Å². The summed E-state index contributed by atoms with van der Waals surface area (Å²) in [6, 6.07) is 0. The SMILES string of the molecule is C=C(C)C(=O)NCC12C=CC(O1)C1C(=O)N(CCCP(=O)(O)O)C(=O)C12. The van der Waals surface area contributed by atoms with Crippen LogP contribution in [0.25, 0.3) is 0 Å². The fourth-order valence-electron chi connectivity index (χ4n) is 3.79. The molecule has 2 bridgehead atoms. The van der Waals surface area contributed by atoms with E-state index in [-0.39, 0.29) is 25.4 Å². The minimum Gasteiger partial charge on any atom is -0.360 e. The van der Waals surface area contributed by atoms with E-state index in [4.69, 9.17) is 14.5 Å². The van der Waals surface area contributed by atoms with Crippen molar-refractivity contribution in [3.63, 3.8) is 0 Å². The summed E-state index contributed by atoms with van der Waals surface area (Å²) in [7, 11) is -4.18. The number of ether oxygens (including phenoxy) is 1. The predicted molar refractivity (Wildman–Crippen MR) is 89.8 cm³/mol. The van der Waals surface area contributed by atoms with Crippen LogP contribution in [0.3, 0.4) is 0 Å². The first-order chi connectivity index (χ1) is 12.1. The van der Waals surface area contributed by atoms with Crippen LogP contribution in [-0.4, -0.2) is 63.4 Å². The first-order valence-electron chi connectivity index (χ1n) is 8.26. The Morgan fingerprint density at radius 3 is 2.73 bits per heavy atom. The molecule has 2 saturated heterocycles. The average Bonchev–Trinajstić information content (AvgIpc) is 3.17. The highest BCUT2D eigenvalue weighted by molar-refractivity contribution is 7.51. The Labute approximate surface area is 150 Å². The molecule has 2 fully saturated rings. The summed E-state index contributed by atoms with van der Waals surface area (Å²) in [5.41, 5.74) is -0.757. The molecule has 0 spiro atoms. The predicted octanol–water partition coefficient (Wildman–Crippen LogP) is -0.445. The van der Waals surface area contributed by atoms with E-state index >= 15 is 0 Å². The Kier molecular flexibility index (Phi) is 4.69. The van der Waals surface area contributed by atoms with E-state index in [9.17, 15) is 18.9 Å². The van der Waals surface area contributed by atoms with Gasteiger partial charge in [0.25, 0.3) is 0 Å². The van der Waals surface area contributed by atoms with Crippen LogP contribution < -0.4 is 5.32 Å². The molecule has 4 unspecified atom stereocenters. The Morgan fingerprint density at radius 2 is 2.12 bits per heavy atom. The van der Waals surface area contributed by atoms with Crippen LogP contribution in [0.15, 0.2) is 24.3 Å². The number of nitrogens with zero attached hydrogens (tertiary/aromatic N) is 1. The zero-order valence-electron chi connectivity index (χ0n) is 14.3. The number of rotatable bonds is 7. The largest absolute Gasteiger partial charge is 0.360 e. The van der Waals surface area contributed by atoms with E-state index in [0.717, 1.165) is 4.90 Å². The van der Waals surface area contributed by atoms with Crippen LogP contribution >= 0.6 is 7.60 Å². The molecule has 10 heteroatoms. The van der Waals surface area contributed by atoms with Gasteiger partial charge in [0.05, 0.1) is 30.6 Å². The summed E-state index contributed by atoms with van der Waals surface area (Å²) >= 11 is 0. The van der Waals surface area contributed by atoms with Crippen molar-refractivity contribution in [1.29, 1.82) is 0 Å². The number of amides is 3. The number of imide groups is 1. The van der Waals surface area contributed by atoms with Crippen molar-refractivity contribution in [3.05, 3.63) is 24.3 Å². The van der Waals surface area contributed by atoms with Crippen LogP contribution in [0.4, 0.5) is 0 Å². The minimum atomic E-state index is -4.18. The second-order valence-electron chi connectivity index (χ2n) is 6.93. The zero-order chi connectivity index (χ0) is 19.3. The standard InChI is InChI=1S/C16H21N2O7P/c1-9(2)13(19)17-8-16-5-4-10(25-16)11-12(16)15(21)18(14(11)20)6-3-7-26(22,23)24/h4-5,10-12H,1,3,6-8H2,2H3,(H,17,19)(H2,22,23,24). The van der Waals surface area contributed by atoms with E-state index in [2.05, 4.69) is 11.9 Å². The summed E-state index contributed by atoms with van der Waals surface area (Å²) in [6.07, 6.45) is 2.53. The molecule has 0 saturated carbocycles. The quantitative estimate of drug-likeness (QED) is 0.234. The van der Waals surface area contributed by atoms with Gasteiger partial charge in [0, 0.05) is 12.1 Å². The van der Waals surface area contributed by atoms with Gasteiger partial charge in [0.15, 0.2) is 0 Å². The number of hydrogen-bond acceptors (Lipinski definition) is 5. The lowest BCUT2D eigenvalue weighted by Crippen LogP contribution is -2.49. The van der Waals surface area contributed by atoms with Crippen molar-refractivity contribution in [2.75, 3.05) is 19.3 Å². The molecule has 26 heavy (non-hydrogen) atoms. The molecule has 3 N–H and O–H groups in total. The van der Waals surface area contributed by atoms with Crippen LogP contribution in [0.5, 0.6) is 0 Å². The van der Waals surface area contributed by atoms with Crippen molar-refractivity contribution in [2.24, 2.45) is 11.8 Å². The molecule has 3 rings (SSSR count). The highest BCUT2D eigenvalue weighted by atomic mass is 31.2. The van der Waals surface area contributed by atoms with E-state index in [1.54, 1.807) is 19.1 Å². The molecule has 0 aromatic heterocycles. The molecule has 4 atom stereocenters. The lowest BCUT2D eigenvalue weighted by Gasteiger charge is -2.29. The second-order valence-corrected chi connectivity index (χ2v) is 8.71. The van der Waals surface area contributed by atoms with E-state index in [0.29, 0.717) is 5.57 Å². The van der Waals surface area contributed by atoms with E-state index < -0.39 is 49.1 Å². The Balaban J connectivity index is 1.73. The van der Waals surface area contributed by atoms with Gasteiger partial charge in [-0.2, -0.15) is 0 Å². The number of nitrogens with one attached hydrogen (secondary N) is 1. The fourth-order valence-corrected chi connectivity index (χ4v) is 4.34. The average molecular weight is 384 g/mol. The fraction of sp³-hybridized carbons (Fsp3) is 0.562. The highest BCUT2D eigenvalue weighted by Gasteiger charge is 2.67. The maximum atomic E-state index is 12.8. The molecular weight excluding hydrogens is 363 g/mol. The van der Waals surface area contributed by atoms with Crippen LogP contribution in [0.2, 0.25) is 0 Å². The maximum absolute atomic E-state index is 12.8. The van der Waals surface area contributed by atoms with Crippen molar-refractivity contribution in [3.8, 4) is 0 Å². The van der Waals surface area contributed by atoms with Crippen molar-refractivity contribution < 1.29 is 33.5 Å². The van der Waals surface area contributed by atoms with Crippen molar-refractivity contribution in [2.45, 2.75) is 25.0 Å². The molecule has 0 aliphatic carbocycles. The molecule has 142 valence electrons. The number of carbonyl (C=O) groups excluding carboxylic acids is 3. The lowest BCUT2D eigenvalue weighted by molar-refractivity contribution is -0.144. The topological polar surface area (TPSA) is 133 Å². The van der Waals surface area contributed by atoms with E-state index in [1.165, 1.54) is 0 Å². The number of carbonyl (C=O) groups is 3. The zero-order valence-corrected chi connectivity index (χ0v) is 15.1. The van der Waals surface area contributed by atoms with Gasteiger partial charge in [-0.05, 0) is 13.3 Å². The van der Waals surface area contributed by atoms with Crippen LogP contribution in [-0.2, 0) is 23.7 Å². The molecule has 3 aliphatic heterocycles. The van der Waals surface area contributed by atoms with Gasteiger partial charge in [-0.3, -0.25) is 23.8 Å². The third kappa shape index (κ3) is 3.16. The third-order valence-electron chi connectivity index (χ3n) is 4.99. The smallest absolute Gasteiger partial charge is 0.325 e. The van der Waals surface area contributed by atoms with Crippen molar-refractivity contribution in [1.82, 2.24) is 10.2 Å². The Morgan fingerprint density at radius 1 is 1.42 bits per heavy atom. The molecule has 0 radical (unpaired) electrons. The van der Waals surface area contributed by atoms with Gasteiger partial charge in [0.2, 0.25) is 17.7 Å². The number of likely N-dealkylation sites (tertiary alicyclic amines) is 1. The summed E-state index contributed by atoms with van der Waals surface area (Å²) < 4.78 is 16.8. The first-order valence-corrected chi connectivity index (χ1v) is 10.1. The Hall–Kier alpha value is -1.80. The van der Waals surface area contributed by atoms with Crippen LogP contribution in [0, 0.1) is 11.8 Å². The number of fused-ring (bicyclic) bond motifs is 5. The third-order valence-corrected chi connectivity index (χ3v) is 5.89. The van der Waals surface area contributed by atoms with Gasteiger partial charge in [-0.15, -0.1) is 0 Å².